The number of carbonyl (C=O) groups is 1. The number of alkyl halides is 3. The number of carbonyl (C=O) groups excluding carboxylic acids is 1. The van der Waals surface area contributed by atoms with Crippen LogP contribution in [0.25, 0.3) is 0 Å². The molecule has 0 aliphatic carbocycles. The molecule has 4 rings (SSSR count). The lowest BCUT2D eigenvalue weighted by molar-refractivity contribution is -0.141. The number of benzene rings is 1. The number of hydrogen-bond acceptors (Lipinski definition) is 5. The number of sulfonamides is 1. The molecule has 0 amide bonds. The van der Waals surface area contributed by atoms with Crippen LogP contribution in [0, 0.1) is 5.82 Å². The Hall–Kier alpha value is -2.37. The van der Waals surface area contributed by atoms with E-state index in [1.807, 2.05) is 0 Å². The van der Waals surface area contributed by atoms with Crippen LogP contribution >= 0.6 is 0 Å². The molecule has 0 spiro atoms. The third-order valence-electron chi connectivity index (χ3n) is 4.90. The first-order valence-corrected chi connectivity index (χ1v) is 9.54. The molecule has 2 aliphatic rings. The van der Waals surface area contributed by atoms with Gasteiger partial charge in [0.25, 0.3) is 0 Å². The molecule has 0 radical (unpaired) electrons. The summed E-state index contributed by atoms with van der Waals surface area (Å²) in [5, 5.41) is 10.0. The van der Waals surface area contributed by atoms with Gasteiger partial charge in [-0.2, -0.15) is 17.5 Å². The van der Waals surface area contributed by atoms with E-state index in [2.05, 4.69) is 4.98 Å². The Morgan fingerprint density at radius 1 is 1.18 bits per heavy atom. The fraction of sp³-hybridized carbons (Fsp3) is 0.294. The van der Waals surface area contributed by atoms with Gasteiger partial charge in [-0.15, -0.1) is 0 Å². The van der Waals surface area contributed by atoms with Crippen LogP contribution in [-0.2, 0) is 21.0 Å². The molecular formula is C17H12F4N2O4S. The zero-order valence-corrected chi connectivity index (χ0v) is 14.7. The second kappa shape index (κ2) is 6.06. The summed E-state index contributed by atoms with van der Waals surface area (Å²) in [4.78, 5) is 15.1. The Morgan fingerprint density at radius 3 is 2.50 bits per heavy atom. The van der Waals surface area contributed by atoms with Crippen molar-refractivity contribution in [2.75, 3.05) is 0 Å². The second-order valence-corrected chi connectivity index (χ2v) is 8.41. The highest BCUT2D eigenvalue weighted by molar-refractivity contribution is 7.89. The molecule has 2 aromatic rings. The number of rotatable bonds is 2. The third kappa shape index (κ3) is 2.73. The zero-order chi connectivity index (χ0) is 20.4. The van der Waals surface area contributed by atoms with Crippen LogP contribution in [0.4, 0.5) is 17.6 Å². The molecule has 28 heavy (non-hydrogen) atoms. The van der Waals surface area contributed by atoms with Crippen LogP contribution in [0.2, 0.25) is 0 Å². The SMILES string of the molecule is O=C1C(O)CC2c3cc(ccc3F)C1N2S(=O)(=O)c1ccc(C(F)(F)F)nc1. The van der Waals surface area contributed by atoms with E-state index in [9.17, 15) is 35.9 Å². The molecule has 3 atom stereocenters. The van der Waals surface area contributed by atoms with Crippen LogP contribution in [0.5, 0.6) is 0 Å². The van der Waals surface area contributed by atoms with Crippen molar-refractivity contribution in [3.05, 3.63) is 59.2 Å². The molecule has 4 bridgehead atoms. The molecular weight excluding hydrogens is 404 g/mol. The number of nitrogens with zero attached hydrogens (tertiary/aromatic N) is 2. The largest absolute Gasteiger partial charge is 0.433 e. The maximum absolute atomic E-state index is 14.2. The Labute approximate surface area is 156 Å². The lowest BCUT2D eigenvalue weighted by atomic mass is 9.81. The molecule has 148 valence electrons. The van der Waals surface area contributed by atoms with Crippen LogP contribution in [-0.4, -0.2) is 34.7 Å². The summed E-state index contributed by atoms with van der Waals surface area (Å²) in [7, 11) is -4.51. The molecule has 3 heterocycles. The van der Waals surface area contributed by atoms with E-state index in [-0.39, 0.29) is 17.5 Å². The smallest absolute Gasteiger partial charge is 0.385 e. The molecule has 6 nitrogen and oxygen atoms in total. The predicted octanol–water partition coefficient (Wildman–Crippen LogP) is 2.36. The standard InChI is InChI=1S/C17H12F4N2O4S/c18-11-3-1-8-5-10(11)12-6-13(24)16(25)15(8)23(12)28(26,27)9-2-4-14(22-7-9)17(19,20)21/h1-5,7,12-13,15,24H,6H2. The first-order valence-electron chi connectivity index (χ1n) is 8.10. The van der Waals surface area contributed by atoms with E-state index >= 15 is 0 Å². The van der Waals surface area contributed by atoms with Gasteiger partial charge in [0.1, 0.15) is 28.6 Å². The number of Topliss-reactive ketones (excluding diaryl/α,β-unsaturated/α-hetero) is 1. The predicted molar refractivity (Wildman–Crippen MR) is 85.8 cm³/mol. The average Bonchev–Trinajstić information content (AvgIpc) is 2.63. The highest BCUT2D eigenvalue weighted by atomic mass is 32.2. The summed E-state index contributed by atoms with van der Waals surface area (Å²) in [5.41, 5.74) is -1.10. The number of aliphatic hydroxyl groups excluding tert-OH is 1. The van der Waals surface area contributed by atoms with Gasteiger partial charge in [-0.25, -0.2) is 12.8 Å². The maximum atomic E-state index is 14.2. The number of piperidine rings is 1. The van der Waals surface area contributed by atoms with Crippen LogP contribution in [0.1, 0.15) is 35.3 Å². The summed E-state index contributed by atoms with van der Waals surface area (Å²) < 4.78 is 79.3. The van der Waals surface area contributed by atoms with Gasteiger partial charge in [0.15, 0.2) is 5.78 Å². The van der Waals surface area contributed by atoms with Gasteiger partial charge in [0.05, 0.1) is 6.04 Å². The van der Waals surface area contributed by atoms with Crippen molar-refractivity contribution >= 4 is 15.8 Å². The molecule has 1 saturated heterocycles. The molecule has 2 aliphatic heterocycles. The van der Waals surface area contributed by atoms with Crippen molar-refractivity contribution in [1.29, 1.82) is 0 Å². The van der Waals surface area contributed by atoms with Gasteiger partial charge in [0.2, 0.25) is 10.0 Å². The van der Waals surface area contributed by atoms with E-state index in [1.165, 1.54) is 12.1 Å². The van der Waals surface area contributed by atoms with E-state index in [0.29, 0.717) is 12.3 Å². The van der Waals surface area contributed by atoms with Crippen molar-refractivity contribution in [3.8, 4) is 0 Å². The Bertz CT molecular complexity index is 1070. The van der Waals surface area contributed by atoms with Crippen molar-refractivity contribution < 1.29 is 35.9 Å². The maximum Gasteiger partial charge on any atom is 0.433 e. The molecule has 1 aromatic carbocycles. The first kappa shape index (κ1) is 19.0. The van der Waals surface area contributed by atoms with Crippen LogP contribution in [0.15, 0.2) is 41.4 Å². The fourth-order valence-electron chi connectivity index (χ4n) is 3.61. The van der Waals surface area contributed by atoms with E-state index in [4.69, 9.17) is 0 Å². The van der Waals surface area contributed by atoms with Gasteiger partial charge >= 0.3 is 6.18 Å². The summed E-state index contributed by atoms with van der Waals surface area (Å²) in [6.07, 6.45) is -6.04. The topological polar surface area (TPSA) is 87.6 Å². The van der Waals surface area contributed by atoms with Crippen molar-refractivity contribution in [1.82, 2.24) is 9.29 Å². The van der Waals surface area contributed by atoms with E-state index in [1.54, 1.807) is 0 Å². The van der Waals surface area contributed by atoms with E-state index < -0.39 is 56.6 Å². The molecule has 0 saturated carbocycles. The summed E-state index contributed by atoms with van der Waals surface area (Å²) >= 11 is 0. The summed E-state index contributed by atoms with van der Waals surface area (Å²) in [6, 6.07) is 2.41. The third-order valence-corrected chi connectivity index (χ3v) is 6.76. The summed E-state index contributed by atoms with van der Waals surface area (Å²) in [6.45, 7) is 0. The minimum atomic E-state index is -4.75. The molecule has 3 unspecified atom stereocenters. The Balaban J connectivity index is 1.83. The monoisotopic (exact) mass is 416 g/mol. The molecule has 11 heteroatoms. The lowest BCUT2D eigenvalue weighted by Crippen LogP contribution is -2.52. The van der Waals surface area contributed by atoms with Gasteiger partial charge in [-0.3, -0.25) is 9.78 Å². The summed E-state index contributed by atoms with van der Waals surface area (Å²) in [5.74, 6) is -1.49. The van der Waals surface area contributed by atoms with Crippen LogP contribution < -0.4 is 0 Å². The Morgan fingerprint density at radius 2 is 1.89 bits per heavy atom. The van der Waals surface area contributed by atoms with Gasteiger partial charge in [-0.05, 0) is 29.8 Å². The van der Waals surface area contributed by atoms with Gasteiger partial charge in [0, 0.05) is 18.2 Å². The highest BCUT2D eigenvalue weighted by Gasteiger charge is 2.52. The number of ketones is 1. The van der Waals surface area contributed by atoms with Gasteiger partial charge < -0.3 is 5.11 Å². The first-order chi connectivity index (χ1) is 13.0. The number of aromatic nitrogens is 1. The second-order valence-electron chi connectivity index (χ2n) is 6.57. The van der Waals surface area contributed by atoms with Gasteiger partial charge in [-0.1, -0.05) is 6.07 Å². The van der Waals surface area contributed by atoms with E-state index in [0.717, 1.165) is 16.4 Å². The van der Waals surface area contributed by atoms with Crippen molar-refractivity contribution in [2.24, 2.45) is 0 Å². The molecule has 1 N–H and O–H groups in total. The quantitative estimate of drug-likeness (QED) is 0.760. The molecule has 1 fully saturated rings. The minimum Gasteiger partial charge on any atom is -0.385 e. The highest BCUT2D eigenvalue weighted by Crippen LogP contribution is 2.48. The Kier molecular flexibility index (Phi) is 4.11. The zero-order valence-electron chi connectivity index (χ0n) is 13.9. The number of fused-ring (bicyclic) bond motifs is 6. The molecule has 1 aromatic heterocycles. The fourth-order valence-corrected chi connectivity index (χ4v) is 5.32. The number of pyridine rings is 1. The number of halogens is 4. The minimum absolute atomic E-state index is 0.0104. The number of hydrogen-bond donors (Lipinski definition) is 1. The normalized spacial score (nSPS) is 25.0. The van der Waals surface area contributed by atoms with Crippen LogP contribution in [0.3, 0.4) is 0 Å². The number of aliphatic hydroxyl groups is 1. The van der Waals surface area contributed by atoms with Crippen molar-refractivity contribution in [2.45, 2.75) is 35.7 Å². The van der Waals surface area contributed by atoms with Crippen molar-refractivity contribution in [3.63, 3.8) is 0 Å². The average molecular weight is 416 g/mol. The lowest BCUT2D eigenvalue weighted by Gasteiger charge is -2.45.